The van der Waals surface area contributed by atoms with Crippen LogP contribution in [0, 0.1) is 0 Å². The largest absolute Gasteiger partial charge is 0.463 e. The molecule has 4 heterocycles. The van der Waals surface area contributed by atoms with Gasteiger partial charge in [-0.3, -0.25) is 14.4 Å². The Labute approximate surface area is 215 Å². The molecule has 0 spiro atoms. The summed E-state index contributed by atoms with van der Waals surface area (Å²) in [5.41, 5.74) is 0. The molecule has 4 aliphatic heterocycles. The van der Waals surface area contributed by atoms with E-state index < -0.39 is 84.8 Å². The van der Waals surface area contributed by atoms with Crippen molar-refractivity contribution in [3.63, 3.8) is 0 Å². The fourth-order valence-corrected chi connectivity index (χ4v) is 5.03. The van der Waals surface area contributed by atoms with Crippen molar-refractivity contribution in [2.24, 2.45) is 0 Å². The fourth-order valence-electron chi connectivity index (χ4n) is 5.03. The maximum Gasteiger partial charge on any atom is 0.303 e. The average molecular weight is 533 g/mol. The van der Waals surface area contributed by atoms with E-state index in [4.69, 9.17) is 47.4 Å². The topological polar surface area (TPSA) is 144 Å². The summed E-state index contributed by atoms with van der Waals surface area (Å²) >= 11 is 0. The van der Waals surface area contributed by atoms with Crippen molar-refractivity contribution in [2.45, 2.75) is 122 Å². The van der Waals surface area contributed by atoms with Gasteiger partial charge in [0.1, 0.15) is 43.2 Å². The van der Waals surface area contributed by atoms with Gasteiger partial charge in [-0.05, 0) is 27.7 Å². The van der Waals surface area contributed by atoms with E-state index in [9.17, 15) is 14.4 Å². The Morgan fingerprint density at radius 1 is 0.730 bits per heavy atom. The van der Waals surface area contributed by atoms with Crippen LogP contribution in [0.2, 0.25) is 0 Å². The van der Waals surface area contributed by atoms with Crippen molar-refractivity contribution in [1.82, 2.24) is 0 Å². The van der Waals surface area contributed by atoms with Crippen molar-refractivity contribution in [1.29, 1.82) is 0 Å². The lowest BCUT2D eigenvalue weighted by Gasteiger charge is -2.41. The molecule has 4 saturated heterocycles. The standard InChI is InChI=1S/C24H36O13/c1-11(25)28-9-15-18(31-13(3)27)14(30-12(2)26)8-17(32-15)29-10-16-19-20(35-23(4,5)34-19)21-22(33-16)37-24(6,7)36-21/h14-22H,8-10H2,1-7H3/t14-,15-,16-,17?,18+,19-,20+,21-,22-/m1/s1. The Kier molecular flexibility index (Phi) is 8.15. The molecule has 0 N–H and O–H groups in total. The molecule has 0 aromatic rings. The van der Waals surface area contributed by atoms with Gasteiger partial charge in [0, 0.05) is 27.2 Å². The average Bonchev–Trinajstić information content (AvgIpc) is 3.25. The Hall–Kier alpha value is -1.87. The zero-order chi connectivity index (χ0) is 27.1. The molecule has 0 aromatic heterocycles. The Bertz CT molecular complexity index is 873. The molecular formula is C24H36O13. The second kappa shape index (κ2) is 10.7. The van der Waals surface area contributed by atoms with Gasteiger partial charge in [0.05, 0.1) is 6.61 Å². The fraction of sp³-hybridized carbons (Fsp3) is 0.875. The first-order valence-electron chi connectivity index (χ1n) is 12.3. The predicted molar refractivity (Wildman–Crippen MR) is 119 cm³/mol. The van der Waals surface area contributed by atoms with E-state index in [-0.39, 0.29) is 19.6 Å². The van der Waals surface area contributed by atoms with E-state index in [1.54, 1.807) is 13.8 Å². The third kappa shape index (κ3) is 6.77. The van der Waals surface area contributed by atoms with Crippen molar-refractivity contribution in [3.8, 4) is 0 Å². The van der Waals surface area contributed by atoms with E-state index in [0.717, 1.165) is 0 Å². The van der Waals surface area contributed by atoms with Gasteiger partial charge in [0.15, 0.2) is 30.3 Å². The Morgan fingerprint density at radius 2 is 1.35 bits per heavy atom. The minimum atomic E-state index is -0.990. The maximum absolute atomic E-state index is 11.8. The van der Waals surface area contributed by atoms with Crippen LogP contribution in [0.1, 0.15) is 54.9 Å². The molecular weight excluding hydrogens is 496 g/mol. The lowest BCUT2D eigenvalue weighted by Crippen LogP contribution is -2.57. The molecule has 0 bridgehead atoms. The summed E-state index contributed by atoms with van der Waals surface area (Å²) < 4.78 is 58.2. The molecule has 0 amide bonds. The van der Waals surface area contributed by atoms with Crippen molar-refractivity contribution < 1.29 is 61.8 Å². The molecule has 0 saturated carbocycles. The monoisotopic (exact) mass is 532 g/mol. The molecule has 4 aliphatic rings. The molecule has 1 unspecified atom stereocenters. The van der Waals surface area contributed by atoms with Crippen molar-refractivity contribution >= 4 is 17.9 Å². The van der Waals surface area contributed by atoms with Gasteiger partial charge < -0.3 is 47.4 Å². The highest BCUT2D eigenvalue weighted by Crippen LogP contribution is 2.44. The van der Waals surface area contributed by atoms with Crippen LogP contribution < -0.4 is 0 Å². The summed E-state index contributed by atoms with van der Waals surface area (Å²) in [4.78, 5) is 34.9. The first kappa shape index (κ1) is 28.1. The lowest BCUT2D eigenvalue weighted by molar-refractivity contribution is -0.288. The summed E-state index contributed by atoms with van der Waals surface area (Å²) in [5, 5.41) is 0. The summed E-state index contributed by atoms with van der Waals surface area (Å²) in [6.45, 7) is 10.7. The third-order valence-corrected chi connectivity index (χ3v) is 6.25. The molecule has 9 atom stereocenters. The second-order valence-corrected chi connectivity index (χ2v) is 10.4. The second-order valence-electron chi connectivity index (χ2n) is 10.4. The van der Waals surface area contributed by atoms with Crippen LogP contribution in [0.5, 0.6) is 0 Å². The number of carbonyl (C=O) groups excluding carboxylic acids is 3. The lowest BCUT2D eigenvalue weighted by atomic mass is 9.99. The van der Waals surface area contributed by atoms with Gasteiger partial charge in [0.25, 0.3) is 0 Å². The molecule has 37 heavy (non-hydrogen) atoms. The van der Waals surface area contributed by atoms with Crippen LogP contribution in [0.25, 0.3) is 0 Å². The molecule has 210 valence electrons. The molecule has 0 aliphatic carbocycles. The maximum atomic E-state index is 11.8. The minimum Gasteiger partial charge on any atom is -0.463 e. The van der Waals surface area contributed by atoms with Crippen LogP contribution in [0.15, 0.2) is 0 Å². The number of carbonyl (C=O) groups is 3. The molecule has 13 heteroatoms. The van der Waals surface area contributed by atoms with E-state index >= 15 is 0 Å². The van der Waals surface area contributed by atoms with Crippen LogP contribution in [0.4, 0.5) is 0 Å². The van der Waals surface area contributed by atoms with E-state index in [1.807, 2.05) is 13.8 Å². The number of fused-ring (bicyclic) bond motifs is 3. The number of rotatable bonds is 7. The van der Waals surface area contributed by atoms with Crippen molar-refractivity contribution in [2.75, 3.05) is 13.2 Å². The predicted octanol–water partition coefficient (Wildman–Crippen LogP) is 0.941. The van der Waals surface area contributed by atoms with Gasteiger partial charge in [0.2, 0.25) is 0 Å². The normalized spacial score (nSPS) is 39.8. The zero-order valence-corrected chi connectivity index (χ0v) is 22.1. The Morgan fingerprint density at radius 3 is 2.00 bits per heavy atom. The highest BCUT2D eigenvalue weighted by atomic mass is 16.9. The first-order valence-corrected chi connectivity index (χ1v) is 12.3. The van der Waals surface area contributed by atoms with Gasteiger partial charge in [-0.1, -0.05) is 0 Å². The molecule has 0 radical (unpaired) electrons. The minimum absolute atomic E-state index is 0.0175. The summed E-state index contributed by atoms with van der Waals surface area (Å²) in [6, 6.07) is 0. The Balaban J connectivity index is 1.47. The highest BCUT2D eigenvalue weighted by Gasteiger charge is 2.61. The third-order valence-electron chi connectivity index (χ3n) is 6.25. The van der Waals surface area contributed by atoms with Gasteiger partial charge in [-0.15, -0.1) is 0 Å². The molecule has 4 fully saturated rings. The number of esters is 3. The van der Waals surface area contributed by atoms with Gasteiger partial charge in [-0.2, -0.15) is 0 Å². The van der Waals surface area contributed by atoms with Crippen LogP contribution in [-0.2, 0) is 61.8 Å². The van der Waals surface area contributed by atoms with E-state index in [1.165, 1.54) is 20.8 Å². The van der Waals surface area contributed by atoms with E-state index in [2.05, 4.69) is 0 Å². The first-order chi connectivity index (χ1) is 17.2. The summed E-state index contributed by atoms with van der Waals surface area (Å²) in [6.07, 6.45) is -6.36. The molecule has 13 nitrogen and oxygen atoms in total. The van der Waals surface area contributed by atoms with Gasteiger partial charge >= 0.3 is 17.9 Å². The molecule has 4 rings (SSSR count). The summed E-state index contributed by atoms with van der Waals surface area (Å²) in [7, 11) is 0. The van der Waals surface area contributed by atoms with Crippen LogP contribution >= 0.6 is 0 Å². The SMILES string of the molecule is CC(=O)OC[C@H]1OC(OC[C@H]2O[C@@H]3OC(C)(C)O[C@@H]3[C@H]3OC(C)(C)O[C@@H]32)C[C@@H](OC(C)=O)[C@@H]1OC(C)=O. The smallest absolute Gasteiger partial charge is 0.303 e. The van der Waals surface area contributed by atoms with Crippen LogP contribution in [-0.4, -0.2) is 98.0 Å². The van der Waals surface area contributed by atoms with E-state index in [0.29, 0.717) is 0 Å². The number of hydrogen-bond donors (Lipinski definition) is 0. The molecule has 0 aromatic carbocycles. The summed E-state index contributed by atoms with van der Waals surface area (Å²) in [5.74, 6) is -3.44. The van der Waals surface area contributed by atoms with Crippen molar-refractivity contribution in [3.05, 3.63) is 0 Å². The number of hydrogen-bond acceptors (Lipinski definition) is 13. The quantitative estimate of drug-likeness (QED) is 0.339. The van der Waals surface area contributed by atoms with Crippen LogP contribution in [0.3, 0.4) is 0 Å². The van der Waals surface area contributed by atoms with Gasteiger partial charge in [-0.25, -0.2) is 0 Å². The number of ether oxygens (including phenoxy) is 10. The highest BCUT2D eigenvalue weighted by molar-refractivity contribution is 5.67. The zero-order valence-electron chi connectivity index (χ0n) is 22.1.